The minimum absolute atomic E-state index is 0. The Morgan fingerprint density at radius 2 is 1.44 bits per heavy atom. The molecule has 34 heavy (non-hydrogen) atoms. The van der Waals surface area contributed by atoms with Crippen LogP contribution in [0.25, 0.3) is 0 Å². The van der Waals surface area contributed by atoms with Crippen LogP contribution >= 0.6 is 0 Å². The van der Waals surface area contributed by atoms with Gasteiger partial charge in [-0.05, 0) is 44.4 Å². The smallest absolute Gasteiger partial charge is 0.328 e. The summed E-state index contributed by atoms with van der Waals surface area (Å²) in [5, 5.41) is 6.40. The van der Waals surface area contributed by atoms with E-state index in [1.165, 1.54) is 6.92 Å². The molecule has 0 aromatic rings. The van der Waals surface area contributed by atoms with Crippen LogP contribution in [0.4, 0.5) is 9.59 Å². The van der Waals surface area contributed by atoms with Gasteiger partial charge in [-0.1, -0.05) is 54.4 Å². The van der Waals surface area contributed by atoms with Gasteiger partial charge >= 0.3 is 12.1 Å². The zero-order valence-electron chi connectivity index (χ0n) is 21.4. The lowest BCUT2D eigenvalue weighted by molar-refractivity contribution is -0.149. The first-order valence-corrected chi connectivity index (χ1v) is 11.6. The third kappa shape index (κ3) is 7.09. The Morgan fingerprint density at radius 1 is 0.971 bits per heavy atom. The molecule has 1 rings (SSSR count). The summed E-state index contributed by atoms with van der Waals surface area (Å²) >= 11 is 0. The van der Waals surface area contributed by atoms with E-state index in [1.54, 1.807) is 13.8 Å². The molecule has 0 radical (unpaired) electrons. The molecule has 3 atom stereocenters. The van der Waals surface area contributed by atoms with E-state index in [0.717, 1.165) is 25.7 Å². The first kappa shape index (κ1) is 33.4. The van der Waals surface area contributed by atoms with Gasteiger partial charge in [0.15, 0.2) is 0 Å². The molecular formula is C23H42N4O7. The van der Waals surface area contributed by atoms with Crippen LogP contribution in [-0.2, 0) is 19.2 Å². The Balaban J connectivity index is 0. The van der Waals surface area contributed by atoms with Gasteiger partial charge in [0.25, 0.3) is 0 Å². The number of rotatable bonds is 10. The van der Waals surface area contributed by atoms with E-state index >= 15 is 0 Å². The van der Waals surface area contributed by atoms with E-state index in [0.29, 0.717) is 12.8 Å². The summed E-state index contributed by atoms with van der Waals surface area (Å²) in [5.74, 6) is -1.93. The molecular weight excluding hydrogens is 444 g/mol. The van der Waals surface area contributed by atoms with Crippen LogP contribution in [0.3, 0.4) is 0 Å². The summed E-state index contributed by atoms with van der Waals surface area (Å²) in [6.45, 7) is 12.7. The summed E-state index contributed by atoms with van der Waals surface area (Å²) in [4.78, 5) is 69.4. The fourth-order valence-electron chi connectivity index (χ4n) is 4.75. The van der Waals surface area contributed by atoms with E-state index in [2.05, 4.69) is 10.6 Å². The van der Waals surface area contributed by atoms with Crippen LogP contribution in [0.15, 0.2) is 0 Å². The highest BCUT2D eigenvalue weighted by Gasteiger charge is 2.52. The summed E-state index contributed by atoms with van der Waals surface area (Å²) in [6.07, 6.45) is 4.07. The van der Waals surface area contributed by atoms with Crippen molar-refractivity contribution in [3.05, 3.63) is 0 Å². The number of barbiturate groups is 1. The second-order valence-electron chi connectivity index (χ2n) is 8.64. The average molecular weight is 487 g/mol. The molecule has 11 nitrogen and oxygen atoms in total. The van der Waals surface area contributed by atoms with Crippen LogP contribution in [0.1, 0.15) is 87.0 Å². The normalized spacial score (nSPS) is 17.9. The topological polar surface area (TPSA) is 196 Å². The lowest BCUT2D eigenvalue weighted by Gasteiger charge is -2.37. The molecule has 0 aliphatic carbocycles. The number of hydrogen-bond donors (Lipinski definition) is 4. The molecule has 0 bridgehead atoms. The van der Waals surface area contributed by atoms with Crippen LogP contribution in [0.2, 0.25) is 0 Å². The van der Waals surface area contributed by atoms with Crippen molar-refractivity contribution < 1.29 is 34.2 Å². The van der Waals surface area contributed by atoms with Gasteiger partial charge in [0, 0.05) is 0 Å². The van der Waals surface area contributed by atoms with Crippen molar-refractivity contribution in [2.45, 2.75) is 87.0 Å². The Morgan fingerprint density at radius 3 is 1.76 bits per heavy atom. The Hall–Kier alpha value is -2.82. The minimum atomic E-state index is -1.15. The van der Waals surface area contributed by atoms with E-state index in [-0.39, 0.29) is 23.1 Å². The average Bonchev–Trinajstić information content (AvgIpc) is 2.69. The Labute approximate surface area is 201 Å². The molecule has 11 heteroatoms. The van der Waals surface area contributed by atoms with Crippen molar-refractivity contribution >= 4 is 35.6 Å². The maximum absolute atomic E-state index is 12.0. The maximum atomic E-state index is 12.0. The second-order valence-corrected chi connectivity index (χ2v) is 8.64. The largest absolute Gasteiger partial charge is 0.412 e. The molecule has 1 aliphatic heterocycles. The third-order valence-electron chi connectivity index (χ3n) is 6.78. The predicted molar refractivity (Wildman–Crippen MR) is 127 cm³/mol. The van der Waals surface area contributed by atoms with Gasteiger partial charge in [-0.3, -0.25) is 35.1 Å². The summed E-state index contributed by atoms with van der Waals surface area (Å²) < 4.78 is 0. The number of nitrogens with one attached hydrogen (secondary N) is 3. The molecule has 0 aromatic heterocycles. The zero-order chi connectivity index (χ0) is 26.0. The molecule has 7 amide bonds. The Bertz CT molecular complexity index is 748. The molecule has 0 saturated carbocycles. The second kappa shape index (κ2) is 14.4. The van der Waals surface area contributed by atoms with Gasteiger partial charge in [0.2, 0.25) is 17.7 Å². The van der Waals surface area contributed by atoms with E-state index in [4.69, 9.17) is 5.73 Å². The van der Waals surface area contributed by atoms with Crippen LogP contribution in [-0.4, -0.2) is 41.0 Å². The standard InChI is InChI=1S/C12H22N2O3.C11H18N2O3.H2O/c1-5-7-8(3)12(6-2,9(4)15)10(16)14-11(13)17;1-4-6-7(3)11(5-2)8(14)12-10(16)13-9(11)15;/h8H,5-7H2,1-4H3,(H3,13,14,16,17);7H,4-6H2,1-3H3,(H2,12,13,14,15,16);1H2. The third-order valence-corrected chi connectivity index (χ3v) is 6.78. The molecule has 3 unspecified atom stereocenters. The lowest BCUT2D eigenvalue weighted by atomic mass is 9.69. The number of nitrogens with two attached hydrogens (primary N) is 1. The maximum Gasteiger partial charge on any atom is 0.328 e. The van der Waals surface area contributed by atoms with Crippen LogP contribution < -0.4 is 21.7 Å². The number of Topliss-reactive ketones (excluding diaryl/α,β-unsaturated/α-hetero) is 1. The van der Waals surface area contributed by atoms with Gasteiger partial charge in [-0.2, -0.15) is 0 Å². The minimum Gasteiger partial charge on any atom is -0.412 e. The van der Waals surface area contributed by atoms with Crippen molar-refractivity contribution in [1.29, 1.82) is 0 Å². The number of carbonyl (C=O) groups excluding carboxylic acids is 6. The summed E-state index contributed by atoms with van der Waals surface area (Å²) in [7, 11) is 0. The van der Waals surface area contributed by atoms with Crippen molar-refractivity contribution in [2.24, 2.45) is 28.4 Å². The van der Waals surface area contributed by atoms with Gasteiger partial charge in [-0.25, -0.2) is 9.59 Å². The highest BCUT2D eigenvalue weighted by Crippen LogP contribution is 2.37. The zero-order valence-corrected chi connectivity index (χ0v) is 21.4. The fourth-order valence-corrected chi connectivity index (χ4v) is 4.75. The monoisotopic (exact) mass is 486 g/mol. The summed E-state index contributed by atoms with van der Waals surface area (Å²) in [6, 6.07) is -1.64. The molecule has 0 spiro atoms. The number of amides is 7. The van der Waals surface area contributed by atoms with Crippen molar-refractivity contribution in [2.75, 3.05) is 0 Å². The number of ketones is 1. The van der Waals surface area contributed by atoms with Gasteiger partial charge in [-0.15, -0.1) is 0 Å². The molecule has 7 N–H and O–H groups in total. The van der Waals surface area contributed by atoms with Crippen molar-refractivity contribution in [3.8, 4) is 0 Å². The highest BCUT2D eigenvalue weighted by atomic mass is 16.2. The summed E-state index contributed by atoms with van der Waals surface area (Å²) in [5.41, 5.74) is 2.70. The van der Waals surface area contributed by atoms with Crippen LogP contribution in [0, 0.1) is 22.7 Å². The van der Waals surface area contributed by atoms with Gasteiger partial charge in [0.1, 0.15) is 16.6 Å². The van der Waals surface area contributed by atoms with Crippen molar-refractivity contribution in [3.63, 3.8) is 0 Å². The molecule has 1 aliphatic rings. The SMILES string of the molecule is CCCC(C)C(CC)(C(C)=O)C(=O)NC(N)=O.CCCC(C)C1(CC)C(=O)NC(=O)NC1=O.O. The number of primary amides is 1. The number of hydrogen-bond acceptors (Lipinski definition) is 6. The molecule has 196 valence electrons. The molecule has 0 aromatic carbocycles. The highest BCUT2D eigenvalue weighted by molar-refractivity contribution is 6.19. The van der Waals surface area contributed by atoms with Crippen molar-refractivity contribution in [1.82, 2.24) is 16.0 Å². The molecule has 1 saturated heterocycles. The number of carbonyl (C=O) groups is 6. The quantitative estimate of drug-likeness (QED) is 0.340. The van der Waals surface area contributed by atoms with E-state index in [1.807, 2.05) is 33.0 Å². The fraction of sp³-hybridized carbons (Fsp3) is 0.739. The van der Waals surface area contributed by atoms with E-state index < -0.39 is 40.6 Å². The lowest BCUT2D eigenvalue weighted by Crippen LogP contribution is -2.64. The van der Waals surface area contributed by atoms with Gasteiger partial charge < -0.3 is 11.2 Å². The number of imide groups is 3. The number of urea groups is 2. The van der Waals surface area contributed by atoms with E-state index in [9.17, 15) is 28.8 Å². The molecule has 1 fully saturated rings. The predicted octanol–water partition coefficient (Wildman–Crippen LogP) is 1.96. The Kier molecular flexibility index (Phi) is 14.2. The molecule has 1 heterocycles. The first-order valence-electron chi connectivity index (χ1n) is 11.6. The first-order chi connectivity index (χ1) is 15.3. The van der Waals surface area contributed by atoms with Gasteiger partial charge in [0.05, 0.1) is 0 Å². The van der Waals surface area contributed by atoms with Crippen LogP contribution in [0.5, 0.6) is 0 Å².